The Morgan fingerprint density at radius 2 is 1.86 bits per heavy atom. The Kier molecular flexibility index (Phi) is 7.43. The van der Waals surface area contributed by atoms with Gasteiger partial charge in [0.2, 0.25) is 5.91 Å². The third-order valence-electron chi connectivity index (χ3n) is 6.56. The summed E-state index contributed by atoms with van der Waals surface area (Å²) in [6.45, 7) is 2.23. The summed E-state index contributed by atoms with van der Waals surface area (Å²) in [5.74, 6) is -1.01. The normalized spacial score (nSPS) is 15.8. The first-order chi connectivity index (χ1) is 17.9. The molecule has 2 aromatic carbocycles. The highest BCUT2D eigenvalue weighted by atomic mass is 32.2. The number of aromatic nitrogens is 2. The molecule has 0 fully saturated rings. The van der Waals surface area contributed by atoms with Crippen molar-refractivity contribution in [2.24, 2.45) is 5.92 Å². The number of aliphatic carboxylic acids is 1. The van der Waals surface area contributed by atoms with E-state index in [1.165, 1.54) is 4.88 Å². The number of thiophene rings is 1. The molecule has 1 aliphatic rings. The van der Waals surface area contributed by atoms with Crippen molar-refractivity contribution in [1.82, 2.24) is 14.9 Å². The van der Waals surface area contributed by atoms with E-state index in [1.807, 2.05) is 60.7 Å². The number of nitrogens with one attached hydrogen (secondary N) is 1. The van der Waals surface area contributed by atoms with Crippen molar-refractivity contribution in [1.29, 1.82) is 0 Å². The van der Waals surface area contributed by atoms with Crippen LogP contribution in [0, 0.1) is 5.92 Å². The molecular formula is C28H27N3O4S2. The molecule has 0 saturated heterocycles. The molecule has 2 heterocycles. The first-order valence-corrected chi connectivity index (χ1v) is 14.0. The number of carbonyl (C=O) groups excluding carboxylic acids is 1. The Hall–Kier alpha value is -3.43. The highest BCUT2D eigenvalue weighted by molar-refractivity contribution is 7.99. The standard InChI is InChI=1S/C28H27N3O4S2/c1-17-12-13-20-22(14-17)37-25-24(20)26(33)31(19-10-6-3-7-11-19)28(30-25)36-16-23(32)29-21(27(34)35)15-18-8-4-2-5-9-18/h2-11,17,21H,12-16H2,1H3,(H,29,32)(H,34,35)/t17-,21-/m0/s1. The molecule has 0 spiro atoms. The van der Waals surface area contributed by atoms with Gasteiger partial charge < -0.3 is 10.4 Å². The fourth-order valence-electron chi connectivity index (χ4n) is 4.69. The van der Waals surface area contributed by atoms with Gasteiger partial charge in [-0.3, -0.25) is 14.2 Å². The molecule has 2 N–H and O–H groups in total. The average molecular weight is 534 g/mol. The van der Waals surface area contributed by atoms with Crippen molar-refractivity contribution >= 4 is 45.2 Å². The second-order valence-corrected chi connectivity index (χ2v) is 11.4. The number of carboxylic acids is 1. The number of aryl methyl sites for hydroxylation is 1. The summed E-state index contributed by atoms with van der Waals surface area (Å²) < 4.78 is 1.57. The van der Waals surface area contributed by atoms with Crippen LogP contribution in [0.3, 0.4) is 0 Å². The van der Waals surface area contributed by atoms with Crippen LogP contribution in [0.4, 0.5) is 0 Å². The molecule has 1 amide bonds. The predicted octanol–water partition coefficient (Wildman–Crippen LogP) is 4.48. The molecule has 190 valence electrons. The van der Waals surface area contributed by atoms with E-state index in [1.54, 1.807) is 15.9 Å². The summed E-state index contributed by atoms with van der Waals surface area (Å²) in [7, 11) is 0. The largest absolute Gasteiger partial charge is 0.480 e. The maximum Gasteiger partial charge on any atom is 0.326 e. The maximum absolute atomic E-state index is 13.8. The molecule has 0 bridgehead atoms. The molecule has 7 nitrogen and oxygen atoms in total. The Morgan fingerprint density at radius 3 is 2.57 bits per heavy atom. The van der Waals surface area contributed by atoms with E-state index in [2.05, 4.69) is 12.2 Å². The van der Waals surface area contributed by atoms with Gasteiger partial charge in [0.25, 0.3) is 5.56 Å². The minimum atomic E-state index is -1.10. The van der Waals surface area contributed by atoms with Gasteiger partial charge >= 0.3 is 5.97 Å². The monoisotopic (exact) mass is 533 g/mol. The fourth-order valence-corrected chi connectivity index (χ4v) is 6.94. The van der Waals surface area contributed by atoms with Crippen LogP contribution in [0.25, 0.3) is 15.9 Å². The Labute approximate surface area is 222 Å². The zero-order valence-electron chi connectivity index (χ0n) is 20.3. The van der Waals surface area contributed by atoms with Crippen LogP contribution in [0.5, 0.6) is 0 Å². The van der Waals surface area contributed by atoms with Crippen LogP contribution >= 0.6 is 23.1 Å². The molecule has 2 atom stereocenters. The van der Waals surface area contributed by atoms with Gasteiger partial charge in [-0.05, 0) is 48.4 Å². The molecule has 0 aliphatic heterocycles. The quantitative estimate of drug-likeness (QED) is 0.256. The number of hydrogen-bond acceptors (Lipinski definition) is 6. The minimum Gasteiger partial charge on any atom is -0.480 e. The molecule has 0 saturated carbocycles. The Bertz CT molecular complexity index is 1500. The Balaban J connectivity index is 1.43. The number of benzene rings is 2. The number of carboxylic acid groups (broad SMARTS) is 1. The summed E-state index contributed by atoms with van der Waals surface area (Å²) >= 11 is 2.71. The SMILES string of the molecule is C[C@H]1CCc2c(sc3nc(SCC(=O)N[C@@H](Cc4ccccc4)C(=O)O)n(-c4ccccc4)c(=O)c23)C1. The van der Waals surface area contributed by atoms with Crippen LogP contribution < -0.4 is 10.9 Å². The third kappa shape index (κ3) is 5.47. The lowest BCUT2D eigenvalue weighted by Crippen LogP contribution is -2.43. The van der Waals surface area contributed by atoms with Crippen molar-refractivity contribution in [2.45, 2.75) is 43.8 Å². The molecule has 37 heavy (non-hydrogen) atoms. The number of amides is 1. The number of hydrogen-bond donors (Lipinski definition) is 2. The lowest BCUT2D eigenvalue weighted by atomic mass is 9.89. The Morgan fingerprint density at radius 1 is 1.16 bits per heavy atom. The second-order valence-electron chi connectivity index (χ2n) is 9.34. The van der Waals surface area contributed by atoms with Crippen molar-refractivity contribution in [3.8, 4) is 5.69 Å². The summed E-state index contributed by atoms with van der Waals surface area (Å²) in [6.07, 6.45) is 3.05. The number of thioether (sulfide) groups is 1. The van der Waals surface area contributed by atoms with Crippen LogP contribution in [0.15, 0.2) is 70.6 Å². The van der Waals surface area contributed by atoms with Gasteiger partial charge in [0.1, 0.15) is 10.9 Å². The molecule has 0 unspecified atom stereocenters. The lowest BCUT2D eigenvalue weighted by molar-refractivity contribution is -0.141. The van der Waals surface area contributed by atoms with Gasteiger partial charge in [-0.2, -0.15) is 0 Å². The zero-order chi connectivity index (χ0) is 25.9. The average Bonchev–Trinajstić information content (AvgIpc) is 3.25. The molecular weight excluding hydrogens is 506 g/mol. The lowest BCUT2D eigenvalue weighted by Gasteiger charge is -2.18. The van der Waals surface area contributed by atoms with Crippen LogP contribution in [-0.4, -0.2) is 38.3 Å². The maximum atomic E-state index is 13.8. The first kappa shape index (κ1) is 25.2. The molecule has 0 radical (unpaired) electrons. The van der Waals surface area contributed by atoms with Gasteiger partial charge in [-0.15, -0.1) is 11.3 Å². The predicted molar refractivity (Wildman–Crippen MR) is 147 cm³/mol. The topological polar surface area (TPSA) is 101 Å². The summed E-state index contributed by atoms with van der Waals surface area (Å²) in [6, 6.07) is 17.4. The van der Waals surface area contributed by atoms with E-state index >= 15 is 0 Å². The molecule has 9 heteroatoms. The summed E-state index contributed by atoms with van der Waals surface area (Å²) in [5, 5.41) is 13.4. The van der Waals surface area contributed by atoms with Gasteiger partial charge in [-0.25, -0.2) is 9.78 Å². The minimum absolute atomic E-state index is 0.0640. The highest BCUT2D eigenvalue weighted by Crippen LogP contribution is 2.37. The zero-order valence-corrected chi connectivity index (χ0v) is 22.0. The van der Waals surface area contributed by atoms with E-state index in [-0.39, 0.29) is 17.7 Å². The smallest absolute Gasteiger partial charge is 0.326 e. The molecule has 4 aromatic rings. The summed E-state index contributed by atoms with van der Waals surface area (Å²) in [5.41, 5.74) is 2.49. The number of rotatable bonds is 8. The van der Waals surface area contributed by atoms with Crippen molar-refractivity contribution in [3.05, 3.63) is 87.0 Å². The molecule has 1 aliphatic carbocycles. The van der Waals surface area contributed by atoms with E-state index in [0.717, 1.165) is 42.2 Å². The van der Waals surface area contributed by atoms with Crippen LogP contribution in [0.2, 0.25) is 0 Å². The number of fused-ring (bicyclic) bond motifs is 3. The third-order valence-corrected chi connectivity index (χ3v) is 8.65. The van der Waals surface area contributed by atoms with Gasteiger partial charge in [0.15, 0.2) is 5.16 Å². The van der Waals surface area contributed by atoms with E-state index < -0.39 is 17.9 Å². The van der Waals surface area contributed by atoms with Crippen molar-refractivity contribution in [3.63, 3.8) is 0 Å². The first-order valence-electron chi connectivity index (χ1n) is 12.2. The van der Waals surface area contributed by atoms with Gasteiger partial charge in [-0.1, -0.05) is 67.2 Å². The number of nitrogens with zero attached hydrogens (tertiary/aromatic N) is 2. The summed E-state index contributed by atoms with van der Waals surface area (Å²) in [4.78, 5) is 45.2. The molecule has 5 rings (SSSR count). The van der Waals surface area contributed by atoms with Gasteiger partial charge in [0.05, 0.1) is 16.8 Å². The number of carbonyl (C=O) groups is 2. The molecule has 2 aromatic heterocycles. The van der Waals surface area contributed by atoms with Gasteiger partial charge in [0, 0.05) is 11.3 Å². The van der Waals surface area contributed by atoms with Crippen molar-refractivity contribution < 1.29 is 14.7 Å². The van der Waals surface area contributed by atoms with E-state index in [0.29, 0.717) is 27.0 Å². The van der Waals surface area contributed by atoms with Crippen LogP contribution in [-0.2, 0) is 28.9 Å². The second kappa shape index (κ2) is 10.9. The number of para-hydroxylation sites is 1. The fraction of sp³-hybridized carbons (Fsp3) is 0.286. The van der Waals surface area contributed by atoms with E-state index in [4.69, 9.17) is 4.98 Å². The van der Waals surface area contributed by atoms with E-state index in [9.17, 15) is 19.5 Å². The van der Waals surface area contributed by atoms with Crippen molar-refractivity contribution in [2.75, 3.05) is 5.75 Å². The highest BCUT2D eigenvalue weighted by Gasteiger charge is 2.26. The van der Waals surface area contributed by atoms with Crippen LogP contribution in [0.1, 0.15) is 29.3 Å².